The van der Waals surface area contributed by atoms with Crippen LogP contribution in [-0.2, 0) is 10.0 Å². The Kier molecular flexibility index (Phi) is 3.71. The topological polar surface area (TPSA) is 76.4 Å². The van der Waals surface area contributed by atoms with Crippen LogP contribution in [0.5, 0.6) is 0 Å². The molecule has 0 fully saturated rings. The molecule has 1 heterocycles. The molecule has 7 heteroatoms. The lowest BCUT2D eigenvalue weighted by molar-refractivity contribution is 0.0954. The van der Waals surface area contributed by atoms with Crippen molar-refractivity contribution in [2.45, 2.75) is 4.90 Å². The minimum absolute atomic E-state index is 0.0364. The first-order chi connectivity index (χ1) is 8.49. The maximum Gasteiger partial charge on any atom is 0.300 e. The van der Waals surface area contributed by atoms with Gasteiger partial charge >= 0.3 is 5.91 Å². The molecule has 0 atom stereocenters. The van der Waals surface area contributed by atoms with Crippen LogP contribution in [0.25, 0.3) is 0 Å². The van der Waals surface area contributed by atoms with Gasteiger partial charge in [-0.15, -0.1) is 0 Å². The highest BCUT2D eigenvalue weighted by molar-refractivity contribution is 14.1. The number of amides is 1. The Morgan fingerprint density at radius 2 is 2.00 bits per heavy atom. The second-order valence-electron chi connectivity index (χ2n) is 3.37. The first-order valence-corrected chi connectivity index (χ1v) is 7.41. The normalized spacial score (nSPS) is 11.2. The highest BCUT2D eigenvalue weighted by Gasteiger charge is 2.20. The fraction of sp³-hybridized carbons (Fsp3) is 0. The molecule has 5 nitrogen and oxygen atoms in total. The van der Waals surface area contributed by atoms with Gasteiger partial charge in [0.1, 0.15) is 0 Å². The second kappa shape index (κ2) is 5.11. The van der Waals surface area contributed by atoms with Gasteiger partial charge in [-0.2, -0.15) is 0 Å². The largest absolute Gasteiger partial charge is 0.459 e. The maximum absolute atomic E-state index is 11.9. The minimum atomic E-state index is -3.87. The van der Waals surface area contributed by atoms with E-state index in [4.69, 9.17) is 4.42 Å². The number of hydrogen-bond donors (Lipinski definition) is 1. The molecule has 18 heavy (non-hydrogen) atoms. The van der Waals surface area contributed by atoms with Gasteiger partial charge in [0.25, 0.3) is 10.0 Å². The number of halogens is 1. The van der Waals surface area contributed by atoms with Gasteiger partial charge in [-0.05, 0) is 52.9 Å². The summed E-state index contributed by atoms with van der Waals surface area (Å²) in [6.45, 7) is 0. The molecule has 1 N–H and O–H groups in total. The van der Waals surface area contributed by atoms with Crippen molar-refractivity contribution in [1.82, 2.24) is 4.72 Å². The fourth-order valence-corrected chi connectivity index (χ4v) is 3.03. The third-order valence-electron chi connectivity index (χ3n) is 2.08. The van der Waals surface area contributed by atoms with Crippen LogP contribution in [0.2, 0.25) is 0 Å². The van der Waals surface area contributed by atoms with Gasteiger partial charge in [0.2, 0.25) is 0 Å². The first-order valence-electron chi connectivity index (χ1n) is 4.85. The van der Waals surface area contributed by atoms with Crippen molar-refractivity contribution in [3.05, 3.63) is 52.0 Å². The van der Waals surface area contributed by atoms with Crippen molar-refractivity contribution < 1.29 is 17.6 Å². The van der Waals surface area contributed by atoms with E-state index in [1.54, 1.807) is 12.1 Å². The van der Waals surface area contributed by atoms with Gasteiger partial charge in [-0.3, -0.25) is 4.79 Å². The number of furan rings is 1. The molecule has 1 amide bonds. The number of rotatable bonds is 3. The molecule has 0 bridgehead atoms. The van der Waals surface area contributed by atoms with E-state index in [1.807, 2.05) is 27.3 Å². The summed E-state index contributed by atoms with van der Waals surface area (Å²) in [6.07, 6.45) is 1.30. The number of sulfonamides is 1. The van der Waals surface area contributed by atoms with E-state index in [1.165, 1.54) is 30.5 Å². The maximum atomic E-state index is 11.9. The Balaban J connectivity index is 2.25. The van der Waals surface area contributed by atoms with E-state index in [0.29, 0.717) is 0 Å². The summed E-state index contributed by atoms with van der Waals surface area (Å²) in [5.41, 5.74) is 0. The van der Waals surface area contributed by atoms with Gasteiger partial charge in [0.05, 0.1) is 11.2 Å². The van der Waals surface area contributed by atoms with Crippen molar-refractivity contribution in [3.8, 4) is 0 Å². The molecule has 0 aliphatic heterocycles. The molecular formula is C11H8INO4S. The Hall–Kier alpha value is -1.35. The van der Waals surface area contributed by atoms with Crippen molar-refractivity contribution in [2.75, 3.05) is 0 Å². The van der Waals surface area contributed by atoms with E-state index < -0.39 is 15.9 Å². The van der Waals surface area contributed by atoms with Crippen LogP contribution in [-0.4, -0.2) is 14.3 Å². The quantitative estimate of drug-likeness (QED) is 0.831. The molecular weight excluding hydrogens is 369 g/mol. The summed E-state index contributed by atoms with van der Waals surface area (Å²) < 4.78 is 31.4. The van der Waals surface area contributed by atoms with Crippen molar-refractivity contribution >= 4 is 38.5 Å². The minimum Gasteiger partial charge on any atom is -0.459 e. The van der Waals surface area contributed by atoms with Crippen LogP contribution in [0, 0.1) is 3.57 Å². The van der Waals surface area contributed by atoms with Gasteiger partial charge < -0.3 is 4.42 Å². The number of hydrogen-bond acceptors (Lipinski definition) is 4. The van der Waals surface area contributed by atoms with Gasteiger partial charge in [-0.25, -0.2) is 13.1 Å². The van der Waals surface area contributed by atoms with E-state index in [0.717, 1.165) is 3.57 Å². The van der Waals surface area contributed by atoms with Gasteiger partial charge in [-0.1, -0.05) is 6.07 Å². The standard InChI is InChI=1S/C11H8INO4S/c12-8-3-1-4-9(7-8)18(15,16)13-11(14)10-5-2-6-17-10/h1-7H,(H,13,14). The zero-order chi connectivity index (χ0) is 13.2. The molecule has 94 valence electrons. The highest BCUT2D eigenvalue weighted by Crippen LogP contribution is 2.13. The highest BCUT2D eigenvalue weighted by atomic mass is 127. The SMILES string of the molecule is O=C(NS(=O)(=O)c1cccc(I)c1)c1ccco1. The van der Waals surface area contributed by atoms with Crippen LogP contribution in [0.3, 0.4) is 0 Å². The molecule has 0 spiro atoms. The number of carbonyl (C=O) groups is 1. The molecule has 0 saturated carbocycles. The number of carbonyl (C=O) groups excluding carboxylic acids is 1. The molecule has 0 radical (unpaired) electrons. The average Bonchev–Trinajstić information content (AvgIpc) is 2.82. The molecule has 2 rings (SSSR count). The lowest BCUT2D eigenvalue weighted by atomic mass is 10.4. The Labute approximate surface area is 117 Å². The van der Waals surface area contributed by atoms with E-state index in [-0.39, 0.29) is 10.7 Å². The lowest BCUT2D eigenvalue weighted by Crippen LogP contribution is -2.30. The van der Waals surface area contributed by atoms with Gasteiger partial charge in [0, 0.05) is 3.57 Å². The van der Waals surface area contributed by atoms with E-state index >= 15 is 0 Å². The Morgan fingerprint density at radius 1 is 1.22 bits per heavy atom. The second-order valence-corrected chi connectivity index (χ2v) is 6.30. The molecule has 2 aromatic rings. The summed E-state index contributed by atoms with van der Waals surface area (Å²) in [4.78, 5) is 11.6. The summed E-state index contributed by atoms with van der Waals surface area (Å²) in [6, 6.07) is 9.15. The molecule has 0 aliphatic rings. The van der Waals surface area contributed by atoms with Crippen LogP contribution < -0.4 is 4.72 Å². The average molecular weight is 377 g/mol. The van der Waals surface area contributed by atoms with Crippen LogP contribution in [0.4, 0.5) is 0 Å². The number of nitrogens with one attached hydrogen (secondary N) is 1. The van der Waals surface area contributed by atoms with Crippen molar-refractivity contribution in [3.63, 3.8) is 0 Å². The molecule has 0 unspecified atom stereocenters. The molecule has 0 saturated heterocycles. The van der Waals surface area contributed by atoms with E-state index in [9.17, 15) is 13.2 Å². The first kappa shape index (κ1) is 13.1. The summed E-state index contributed by atoms with van der Waals surface area (Å²) >= 11 is 1.99. The zero-order valence-corrected chi connectivity index (χ0v) is 11.9. The Bertz CT molecular complexity index is 664. The molecule has 0 aliphatic carbocycles. The van der Waals surface area contributed by atoms with Gasteiger partial charge in [0.15, 0.2) is 5.76 Å². The number of benzene rings is 1. The summed E-state index contributed by atoms with van der Waals surface area (Å²) in [7, 11) is -3.87. The third kappa shape index (κ3) is 2.91. The molecule has 1 aromatic heterocycles. The lowest BCUT2D eigenvalue weighted by Gasteiger charge is -2.05. The van der Waals surface area contributed by atoms with Crippen LogP contribution >= 0.6 is 22.6 Å². The fourth-order valence-electron chi connectivity index (χ4n) is 1.27. The smallest absolute Gasteiger partial charge is 0.300 e. The summed E-state index contributed by atoms with van der Waals surface area (Å²) in [5, 5.41) is 0. The van der Waals surface area contributed by atoms with Crippen LogP contribution in [0.15, 0.2) is 52.0 Å². The van der Waals surface area contributed by atoms with E-state index in [2.05, 4.69) is 0 Å². The summed E-state index contributed by atoms with van der Waals surface area (Å²) in [5.74, 6) is -0.844. The Morgan fingerprint density at radius 3 is 2.61 bits per heavy atom. The zero-order valence-electron chi connectivity index (χ0n) is 8.96. The molecule has 1 aromatic carbocycles. The van der Waals surface area contributed by atoms with Crippen LogP contribution in [0.1, 0.15) is 10.6 Å². The predicted molar refractivity (Wildman–Crippen MR) is 72.5 cm³/mol. The monoisotopic (exact) mass is 377 g/mol. The van der Waals surface area contributed by atoms with Crippen molar-refractivity contribution in [2.24, 2.45) is 0 Å². The predicted octanol–water partition coefficient (Wildman–Crippen LogP) is 2.00. The van der Waals surface area contributed by atoms with Crippen molar-refractivity contribution in [1.29, 1.82) is 0 Å². The third-order valence-corrected chi connectivity index (χ3v) is 4.08.